The van der Waals surface area contributed by atoms with Gasteiger partial charge in [0.05, 0.1) is 17.0 Å². The summed E-state index contributed by atoms with van der Waals surface area (Å²) in [7, 11) is -2.08. The first kappa shape index (κ1) is 13.3. The summed E-state index contributed by atoms with van der Waals surface area (Å²) < 4.78 is 37.9. The van der Waals surface area contributed by atoms with Crippen LogP contribution in [0.2, 0.25) is 0 Å². The maximum Gasteiger partial charge on any atom is 0.419 e. The summed E-state index contributed by atoms with van der Waals surface area (Å²) >= 11 is 0. The first-order valence-corrected chi connectivity index (χ1v) is 7.58. The van der Waals surface area contributed by atoms with Crippen LogP contribution in [0.3, 0.4) is 0 Å². The van der Waals surface area contributed by atoms with E-state index in [1.165, 1.54) is 21.0 Å². The molecule has 108 valence electrons. The first-order valence-electron chi connectivity index (χ1n) is 6.14. The summed E-state index contributed by atoms with van der Waals surface area (Å²) in [5.74, 6) is -0.521. The van der Waals surface area contributed by atoms with Gasteiger partial charge in [-0.2, -0.15) is 4.31 Å². The summed E-state index contributed by atoms with van der Waals surface area (Å²) in [6.07, 6.45) is -0.488. The molecule has 0 radical (unpaired) electrons. The third kappa shape index (κ3) is 1.88. The number of oxazole rings is 1. The average Bonchev–Trinajstić information content (AvgIpc) is 2.95. The van der Waals surface area contributed by atoms with E-state index >= 15 is 0 Å². The van der Waals surface area contributed by atoms with Crippen molar-refractivity contribution in [1.82, 2.24) is 8.87 Å². The number of fused-ring (bicyclic) bond motifs is 1. The fourth-order valence-electron chi connectivity index (χ4n) is 2.30. The zero-order valence-corrected chi connectivity index (χ0v) is 11.9. The van der Waals surface area contributed by atoms with Crippen molar-refractivity contribution in [1.29, 1.82) is 0 Å². The van der Waals surface area contributed by atoms with E-state index in [1.807, 2.05) is 0 Å². The van der Waals surface area contributed by atoms with Gasteiger partial charge in [-0.3, -0.25) is 4.57 Å². The number of benzene rings is 1. The molecule has 1 aliphatic heterocycles. The Labute approximate surface area is 115 Å². The highest BCUT2D eigenvalue weighted by Gasteiger charge is 2.33. The molecular formula is C12H14N2O5S. The third-order valence-electron chi connectivity index (χ3n) is 3.45. The monoisotopic (exact) mass is 298 g/mol. The van der Waals surface area contributed by atoms with Gasteiger partial charge in [-0.05, 0) is 19.1 Å². The van der Waals surface area contributed by atoms with Crippen molar-refractivity contribution >= 4 is 21.1 Å². The predicted molar refractivity (Wildman–Crippen MR) is 70.8 cm³/mol. The number of aryl methyl sites for hydroxylation is 1. The average molecular weight is 298 g/mol. The molecule has 1 saturated heterocycles. The number of aromatic nitrogens is 1. The van der Waals surface area contributed by atoms with Gasteiger partial charge in [0.25, 0.3) is 0 Å². The van der Waals surface area contributed by atoms with E-state index in [0.717, 1.165) is 0 Å². The van der Waals surface area contributed by atoms with E-state index in [-0.39, 0.29) is 10.5 Å². The van der Waals surface area contributed by atoms with Crippen molar-refractivity contribution < 1.29 is 17.6 Å². The lowest BCUT2D eigenvalue weighted by Gasteiger charge is -2.19. The van der Waals surface area contributed by atoms with E-state index in [2.05, 4.69) is 0 Å². The second-order valence-electron chi connectivity index (χ2n) is 4.64. The normalized spacial score (nSPS) is 20.8. The molecule has 1 atom stereocenters. The highest BCUT2D eigenvalue weighted by molar-refractivity contribution is 7.89. The minimum atomic E-state index is -3.65. The van der Waals surface area contributed by atoms with Gasteiger partial charge in [0, 0.05) is 19.7 Å². The summed E-state index contributed by atoms with van der Waals surface area (Å²) in [4.78, 5) is 11.5. The van der Waals surface area contributed by atoms with Gasteiger partial charge >= 0.3 is 5.76 Å². The largest absolute Gasteiger partial charge is 0.419 e. The minimum absolute atomic E-state index is 0.0942. The smallest absolute Gasteiger partial charge is 0.408 e. The molecule has 0 saturated carbocycles. The summed E-state index contributed by atoms with van der Waals surface area (Å²) in [6, 6.07) is 4.41. The highest BCUT2D eigenvalue weighted by Crippen LogP contribution is 2.24. The van der Waals surface area contributed by atoms with Crippen LogP contribution in [0.15, 0.2) is 32.3 Å². The second kappa shape index (κ2) is 4.44. The van der Waals surface area contributed by atoms with E-state index in [9.17, 15) is 13.2 Å². The lowest BCUT2D eigenvalue weighted by atomic mass is 10.3. The summed E-state index contributed by atoms with van der Waals surface area (Å²) in [5, 5.41) is 0. The Morgan fingerprint density at radius 3 is 2.75 bits per heavy atom. The van der Waals surface area contributed by atoms with Crippen molar-refractivity contribution in [3.05, 3.63) is 28.7 Å². The molecule has 1 unspecified atom stereocenters. The second-order valence-corrected chi connectivity index (χ2v) is 6.53. The molecule has 0 bridgehead atoms. The van der Waals surface area contributed by atoms with Crippen LogP contribution in [0, 0.1) is 0 Å². The Hall–Kier alpha value is -1.64. The van der Waals surface area contributed by atoms with Gasteiger partial charge in [0.15, 0.2) is 5.58 Å². The van der Waals surface area contributed by atoms with Gasteiger partial charge in [-0.15, -0.1) is 0 Å². The third-order valence-corrected chi connectivity index (χ3v) is 5.39. The molecule has 2 heterocycles. The molecule has 8 heteroatoms. The molecule has 2 aromatic rings. The minimum Gasteiger partial charge on any atom is -0.408 e. The SMILES string of the molecule is CC1OCCN1S(=O)(=O)c1ccc2c(c1)oc(=O)n2C. The highest BCUT2D eigenvalue weighted by atomic mass is 32.2. The van der Waals surface area contributed by atoms with Crippen LogP contribution in [-0.4, -0.2) is 36.7 Å². The van der Waals surface area contributed by atoms with Crippen LogP contribution in [0.1, 0.15) is 6.92 Å². The van der Waals surface area contributed by atoms with Crippen LogP contribution < -0.4 is 5.76 Å². The Bertz CT molecular complexity index is 820. The molecule has 1 aliphatic rings. The van der Waals surface area contributed by atoms with Crippen molar-refractivity contribution in [2.24, 2.45) is 7.05 Å². The quantitative estimate of drug-likeness (QED) is 0.806. The van der Waals surface area contributed by atoms with Crippen LogP contribution in [0.25, 0.3) is 11.1 Å². The van der Waals surface area contributed by atoms with E-state index < -0.39 is 22.0 Å². The van der Waals surface area contributed by atoms with E-state index in [0.29, 0.717) is 18.7 Å². The van der Waals surface area contributed by atoms with Gasteiger partial charge in [-0.1, -0.05) is 0 Å². The lowest BCUT2D eigenvalue weighted by molar-refractivity contribution is 0.0846. The fourth-order valence-corrected chi connectivity index (χ4v) is 3.84. The molecule has 7 nitrogen and oxygen atoms in total. The first-order chi connectivity index (χ1) is 9.41. The van der Waals surface area contributed by atoms with Crippen molar-refractivity contribution in [3.63, 3.8) is 0 Å². The fraction of sp³-hybridized carbons (Fsp3) is 0.417. The van der Waals surface area contributed by atoms with Gasteiger partial charge in [0.1, 0.15) is 6.23 Å². The summed E-state index contributed by atoms with van der Waals surface area (Å²) in [6.45, 7) is 2.38. The standard InChI is InChI=1S/C12H14N2O5S/c1-8-14(5-6-18-8)20(16,17)9-3-4-10-11(7-9)19-12(15)13(10)2/h3-4,7-8H,5-6H2,1-2H3. The Kier molecular flexibility index (Phi) is 2.96. The molecule has 1 fully saturated rings. The molecule has 0 amide bonds. The van der Waals surface area contributed by atoms with Crippen molar-refractivity contribution in [3.8, 4) is 0 Å². The van der Waals surface area contributed by atoms with E-state index in [1.54, 1.807) is 20.0 Å². The summed E-state index contributed by atoms with van der Waals surface area (Å²) in [5.41, 5.74) is 0.811. The molecule has 1 aromatic heterocycles. The molecule has 3 rings (SSSR count). The number of hydrogen-bond donors (Lipinski definition) is 0. The maximum absolute atomic E-state index is 12.5. The van der Waals surface area contributed by atoms with Crippen LogP contribution in [0.5, 0.6) is 0 Å². The van der Waals surface area contributed by atoms with Crippen LogP contribution >= 0.6 is 0 Å². The Morgan fingerprint density at radius 2 is 2.10 bits per heavy atom. The molecule has 0 aliphatic carbocycles. The number of ether oxygens (including phenoxy) is 1. The zero-order valence-electron chi connectivity index (χ0n) is 11.1. The van der Waals surface area contributed by atoms with Crippen molar-refractivity contribution in [2.75, 3.05) is 13.2 Å². The van der Waals surface area contributed by atoms with Gasteiger partial charge in [0.2, 0.25) is 10.0 Å². The van der Waals surface area contributed by atoms with Gasteiger partial charge in [-0.25, -0.2) is 13.2 Å². The topological polar surface area (TPSA) is 81.8 Å². The molecule has 0 N–H and O–H groups in total. The Morgan fingerprint density at radius 1 is 1.35 bits per heavy atom. The number of hydrogen-bond acceptors (Lipinski definition) is 5. The number of sulfonamides is 1. The number of nitrogens with zero attached hydrogens (tertiary/aromatic N) is 2. The predicted octanol–water partition coefficient (Wildman–Crippen LogP) is 0.498. The van der Waals surface area contributed by atoms with Gasteiger partial charge < -0.3 is 9.15 Å². The molecule has 1 aromatic carbocycles. The zero-order chi connectivity index (χ0) is 14.5. The lowest BCUT2D eigenvalue weighted by Crippen LogP contribution is -2.34. The van der Waals surface area contributed by atoms with Crippen LogP contribution in [0.4, 0.5) is 0 Å². The molecular weight excluding hydrogens is 284 g/mol. The van der Waals surface area contributed by atoms with Crippen molar-refractivity contribution in [2.45, 2.75) is 18.0 Å². The molecule has 20 heavy (non-hydrogen) atoms. The maximum atomic E-state index is 12.5. The molecule has 0 spiro atoms. The number of rotatable bonds is 2. The van der Waals surface area contributed by atoms with E-state index in [4.69, 9.17) is 9.15 Å². The van der Waals surface area contributed by atoms with Crippen LogP contribution in [-0.2, 0) is 21.8 Å². The Balaban J connectivity index is 2.12.